The van der Waals surface area contributed by atoms with Gasteiger partial charge < -0.3 is 24.6 Å². The Hall–Kier alpha value is -4.19. The number of nitrogens with zero attached hydrogens (tertiary/aromatic N) is 5. The van der Waals surface area contributed by atoms with E-state index in [-0.39, 0.29) is 23.5 Å². The molecule has 1 saturated carbocycles. The normalized spacial score (nSPS) is 23.7. The van der Waals surface area contributed by atoms with E-state index >= 15 is 4.39 Å². The largest absolute Gasteiger partial charge is 0.481 e. The number of benzene rings is 2. The molecule has 2 aromatic heterocycles. The summed E-state index contributed by atoms with van der Waals surface area (Å²) in [4.78, 5) is 27.4. The highest BCUT2D eigenvalue weighted by atomic mass is 19.3. The van der Waals surface area contributed by atoms with Crippen molar-refractivity contribution >= 4 is 23.0 Å². The minimum absolute atomic E-state index is 0.0704. The molecular formula is C29H27F3N6O3. The van der Waals surface area contributed by atoms with Crippen LogP contribution >= 0.6 is 0 Å². The van der Waals surface area contributed by atoms with Crippen molar-refractivity contribution in [2.75, 3.05) is 24.5 Å². The zero-order chi connectivity index (χ0) is 28.2. The number of aromatic nitrogens is 4. The SMILES string of the molecule is O=C(O)[C@@H]1[C@@H]2CC[C@H]1CN(c1ncc(-c3cc4c(cc3F)nc3n4[C@@H](c4ccccc4OC(F)F)CNC3)cn1)C2. The van der Waals surface area contributed by atoms with Gasteiger partial charge in [-0.2, -0.15) is 8.78 Å². The topological polar surface area (TPSA) is 105 Å². The van der Waals surface area contributed by atoms with Crippen LogP contribution in [0.1, 0.15) is 30.3 Å². The summed E-state index contributed by atoms with van der Waals surface area (Å²) >= 11 is 0. The van der Waals surface area contributed by atoms with Crippen LogP contribution in [0.3, 0.4) is 0 Å². The summed E-state index contributed by atoms with van der Waals surface area (Å²) < 4.78 is 48.4. The molecule has 9 nitrogen and oxygen atoms in total. The quantitative estimate of drug-likeness (QED) is 0.354. The summed E-state index contributed by atoms with van der Waals surface area (Å²) in [7, 11) is 0. The van der Waals surface area contributed by atoms with E-state index in [1.807, 2.05) is 9.47 Å². The first-order valence-electron chi connectivity index (χ1n) is 13.6. The summed E-state index contributed by atoms with van der Waals surface area (Å²) in [6, 6.07) is 9.33. The minimum atomic E-state index is -2.96. The molecule has 7 rings (SSSR count). The van der Waals surface area contributed by atoms with Gasteiger partial charge in [-0.3, -0.25) is 4.79 Å². The highest BCUT2D eigenvalue weighted by Crippen LogP contribution is 2.43. The van der Waals surface area contributed by atoms with Gasteiger partial charge in [-0.05, 0) is 36.8 Å². The van der Waals surface area contributed by atoms with Crippen molar-refractivity contribution in [3.63, 3.8) is 0 Å². The van der Waals surface area contributed by atoms with Crippen LogP contribution in [0, 0.1) is 23.6 Å². The third-order valence-corrected chi connectivity index (χ3v) is 8.63. The van der Waals surface area contributed by atoms with E-state index in [1.54, 1.807) is 36.7 Å². The van der Waals surface area contributed by atoms with Crippen LogP contribution in [0.15, 0.2) is 48.8 Å². The first kappa shape index (κ1) is 25.8. The Kier molecular flexibility index (Phi) is 6.29. The van der Waals surface area contributed by atoms with E-state index in [1.165, 1.54) is 12.1 Å². The van der Waals surface area contributed by atoms with Crippen LogP contribution in [0.2, 0.25) is 0 Å². The first-order valence-corrected chi connectivity index (χ1v) is 13.6. The predicted octanol–water partition coefficient (Wildman–Crippen LogP) is 4.47. The van der Waals surface area contributed by atoms with Gasteiger partial charge in [-0.1, -0.05) is 18.2 Å². The van der Waals surface area contributed by atoms with Crippen molar-refractivity contribution in [3.05, 3.63) is 66.0 Å². The van der Waals surface area contributed by atoms with Crippen molar-refractivity contribution in [2.45, 2.75) is 32.0 Å². The highest BCUT2D eigenvalue weighted by Gasteiger charge is 2.46. The maximum atomic E-state index is 15.4. The molecule has 2 aromatic carbocycles. The number of rotatable bonds is 6. The number of aliphatic carboxylic acids is 1. The molecule has 4 aromatic rings. The fraction of sp³-hybridized carbons (Fsp3) is 0.379. The number of carbonyl (C=O) groups is 1. The van der Waals surface area contributed by atoms with Crippen LogP contribution in [0.4, 0.5) is 19.1 Å². The number of hydrogen-bond acceptors (Lipinski definition) is 7. The Morgan fingerprint density at radius 1 is 1.10 bits per heavy atom. The number of hydrogen-bond donors (Lipinski definition) is 2. The summed E-state index contributed by atoms with van der Waals surface area (Å²) in [6.45, 7) is -0.900. The van der Waals surface area contributed by atoms with E-state index in [0.717, 1.165) is 12.8 Å². The molecule has 1 aliphatic carbocycles. The van der Waals surface area contributed by atoms with Crippen molar-refractivity contribution in [3.8, 4) is 16.9 Å². The molecule has 0 spiro atoms. The summed E-state index contributed by atoms with van der Waals surface area (Å²) in [6.07, 6.45) is 4.92. The Morgan fingerprint density at radius 3 is 2.54 bits per heavy atom. The Balaban J connectivity index is 1.22. The van der Waals surface area contributed by atoms with E-state index in [0.29, 0.717) is 65.7 Å². The Labute approximate surface area is 233 Å². The predicted molar refractivity (Wildman–Crippen MR) is 143 cm³/mol. The van der Waals surface area contributed by atoms with Crippen molar-refractivity contribution < 1.29 is 27.8 Å². The average Bonchev–Trinajstić information content (AvgIpc) is 3.46. The molecule has 12 heteroatoms. The molecule has 2 fully saturated rings. The van der Waals surface area contributed by atoms with Crippen LogP contribution in [-0.4, -0.2) is 56.8 Å². The van der Waals surface area contributed by atoms with Crippen molar-refractivity contribution in [2.24, 2.45) is 17.8 Å². The second-order valence-electron chi connectivity index (χ2n) is 10.9. The number of carboxylic acid groups (broad SMARTS) is 1. The van der Waals surface area contributed by atoms with E-state index < -0.39 is 24.4 Å². The number of imidazole rings is 1. The molecule has 41 heavy (non-hydrogen) atoms. The molecule has 4 atom stereocenters. The molecule has 0 radical (unpaired) electrons. The maximum Gasteiger partial charge on any atom is 0.387 e. The molecule has 3 aliphatic rings. The standard InChI is InChI=1S/C29H27F3N6O3/c30-20-8-21-22(38-23(11-33-12-25(38)36-21)18-3-1-2-4-24(18)41-28(31)32)7-19(20)17-9-34-29(35-10-17)37-13-15-5-6-16(14-37)26(15)27(39)40/h1-4,7-10,15-16,23,26,28,33H,5-6,11-14H2,(H,39,40)/t15-,16+,23-,26-/m1/s1. The van der Waals surface area contributed by atoms with Gasteiger partial charge >= 0.3 is 12.6 Å². The average molecular weight is 565 g/mol. The second kappa shape index (κ2) is 10.0. The number of ether oxygens (including phenoxy) is 1. The van der Waals surface area contributed by atoms with Gasteiger partial charge in [-0.15, -0.1) is 0 Å². The van der Waals surface area contributed by atoms with Crippen LogP contribution in [0.25, 0.3) is 22.2 Å². The molecule has 0 amide bonds. The molecule has 2 N–H and O–H groups in total. The van der Waals surface area contributed by atoms with E-state index in [4.69, 9.17) is 4.74 Å². The highest BCUT2D eigenvalue weighted by molar-refractivity contribution is 5.83. The lowest BCUT2D eigenvalue weighted by molar-refractivity contribution is -0.144. The number of anilines is 1. The van der Waals surface area contributed by atoms with Gasteiger partial charge in [0.25, 0.3) is 0 Å². The lowest BCUT2D eigenvalue weighted by Crippen LogP contribution is -2.45. The smallest absolute Gasteiger partial charge is 0.387 e. The first-order chi connectivity index (χ1) is 19.9. The number of halogens is 3. The molecule has 212 valence electrons. The molecule has 2 bridgehead atoms. The van der Waals surface area contributed by atoms with Crippen LogP contribution < -0.4 is 15.0 Å². The van der Waals surface area contributed by atoms with Gasteiger partial charge in [0, 0.05) is 54.8 Å². The fourth-order valence-electron chi connectivity index (χ4n) is 6.89. The van der Waals surface area contributed by atoms with Crippen LogP contribution in [-0.2, 0) is 11.3 Å². The minimum Gasteiger partial charge on any atom is -0.481 e. The third-order valence-electron chi connectivity index (χ3n) is 8.63. The number of carboxylic acids is 1. The maximum absolute atomic E-state index is 15.4. The number of nitrogens with one attached hydrogen (secondary N) is 1. The molecule has 1 saturated heterocycles. The van der Waals surface area contributed by atoms with Crippen LogP contribution in [0.5, 0.6) is 5.75 Å². The van der Waals surface area contributed by atoms with E-state index in [9.17, 15) is 18.7 Å². The third kappa shape index (κ3) is 4.46. The number of piperidine rings is 1. The molecular weight excluding hydrogens is 537 g/mol. The number of fused-ring (bicyclic) bond motifs is 5. The number of alkyl halides is 2. The zero-order valence-corrected chi connectivity index (χ0v) is 21.9. The summed E-state index contributed by atoms with van der Waals surface area (Å²) in [5.74, 6) is -0.149. The zero-order valence-electron chi connectivity index (χ0n) is 21.9. The monoisotopic (exact) mass is 564 g/mol. The van der Waals surface area contributed by atoms with Crippen molar-refractivity contribution in [1.82, 2.24) is 24.8 Å². The second-order valence-corrected chi connectivity index (χ2v) is 10.9. The summed E-state index contributed by atoms with van der Waals surface area (Å²) in [5.41, 5.74) is 2.47. The van der Waals surface area contributed by atoms with Gasteiger partial charge in [0.2, 0.25) is 5.95 Å². The number of para-hydroxylation sites is 1. The lowest BCUT2D eigenvalue weighted by Gasteiger charge is -2.35. The molecule has 2 aliphatic heterocycles. The Bertz CT molecular complexity index is 1610. The molecule has 4 heterocycles. The fourth-order valence-corrected chi connectivity index (χ4v) is 6.89. The Morgan fingerprint density at radius 2 is 1.83 bits per heavy atom. The van der Waals surface area contributed by atoms with E-state index in [2.05, 4.69) is 20.3 Å². The van der Waals surface area contributed by atoms with Gasteiger partial charge in [0.05, 0.1) is 29.5 Å². The van der Waals surface area contributed by atoms with Crippen molar-refractivity contribution in [1.29, 1.82) is 0 Å². The molecule has 0 unspecified atom stereocenters. The lowest BCUT2D eigenvalue weighted by atomic mass is 9.85. The van der Waals surface area contributed by atoms with Gasteiger partial charge in [0.15, 0.2) is 0 Å². The van der Waals surface area contributed by atoms with Gasteiger partial charge in [-0.25, -0.2) is 19.3 Å². The summed E-state index contributed by atoms with van der Waals surface area (Å²) in [5, 5.41) is 12.9. The van der Waals surface area contributed by atoms with Gasteiger partial charge in [0.1, 0.15) is 17.4 Å².